The van der Waals surface area contributed by atoms with Gasteiger partial charge in [-0.15, -0.1) is 11.3 Å². The third kappa shape index (κ3) is 3.58. The van der Waals surface area contributed by atoms with Crippen molar-refractivity contribution in [2.45, 2.75) is 33.8 Å². The monoisotopic (exact) mass is 384 g/mol. The van der Waals surface area contributed by atoms with E-state index in [1.54, 1.807) is 6.92 Å². The van der Waals surface area contributed by atoms with Crippen LogP contribution in [0.5, 0.6) is 0 Å². The molecular weight excluding hydrogens is 364 g/mol. The smallest absolute Gasteiger partial charge is 0.324 e. The minimum Gasteiger partial charge on any atom is -0.376 e. The van der Waals surface area contributed by atoms with Gasteiger partial charge in [0.05, 0.1) is 18.8 Å². The number of hydrogen-bond acceptors (Lipinski definition) is 6. The summed E-state index contributed by atoms with van der Waals surface area (Å²) in [6, 6.07) is 5.51. The van der Waals surface area contributed by atoms with Gasteiger partial charge in [-0.05, 0) is 56.0 Å². The second-order valence-corrected chi connectivity index (χ2v) is 7.64. The van der Waals surface area contributed by atoms with E-state index in [-0.39, 0.29) is 6.03 Å². The third-order valence-electron chi connectivity index (χ3n) is 4.55. The molecule has 3 heterocycles. The van der Waals surface area contributed by atoms with Crippen molar-refractivity contribution in [3.8, 4) is 11.5 Å². The van der Waals surface area contributed by atoms with Crippen LogP contribution in [0.1, 0.15) is 27.4 Å². The Bertz CT molecular complexity index is 1010. The van der Waals surface area contributed by atoms with E-state index in [2.05, 4.69) is 20.8 Å². The van der Waals surface area contributed by atoms with Gasteiger partial charge in [0.1, 0.15) is 5.00 Å². The summed E-state index contributed by atoms with van der Waals surface area (Å²) in [6.07, 6.45) is 0.753. The topological polar surface area (TPSA) is 89.3 Å². The Morgan fingerprint density at radius 3 is 2.78 bits per heavy atom. The standard InChI is InChI=1S/C19H20N4O3S/c1-10-4-5-13(8-11(10)2)21-19(24)22-18-16(17-20-12(3)23-26-17)14-6-7-25-9-15(14)27-18/h4-5,8H,6-7,9H2,1-3H3,(H2,21,22,24). The molecule has 2 N–H and O–H groups in total. The van der Waals surface area contributed by atoms with E-state index in [1.165, 1.54) is 16.9 Å². The van der Waals surface area contributed by atoms with Crippen LogP contribution in [0, 0.1) is 20.8 Å². The molecule has 0 radical (unpaired) electrons. The maximum Gasteiger partial charge on any atom is 0.324 e. The van der Waals surface area contributed by atoms with Crippen molar-refractivity contribution in [2.75, 3.05) is 17.2 Å². The van der Waals surface area contributed by atoms with Gasteiger partial charge in [-0.2, -0.15) is 4.98 Å². The summed E-state index contributed by atoms with van der Waals surface area (Å²) in [5.41, 5.74) is 4.96. The summed E-state index contributed by atoms with van der Waals surface area (Å²) in [6.45, 7) is 6.99. The molecule has 1 aromatic carbocycles. The second-order valence-electron chi connectivity index (χ2n) is 6.54. The molecule has 0 atom stereocenters. The van der Waals surface area contributed by atoms with Crippen molar-refractivity contribution >= 4 is 28.1 Å². The largest absolute Gasteiger partial charge is 0.376 e. The minimum atomic E-state index is -0.310. The second kappa shape index (κ2) is 7.13. The fourth-order valence-corrected chi connectivity index (χ4v) is 4.20. The minimum absolute atomic E-state index is 0.310. The van der Waals surface area contributed by atoms with Gasteiger partial charge in [0.25, 0.3) is 5.89 Å². The number of carbonyl (C=O) groups is 1. The van der Waals surface area contributed by atoms with Gasteiger partial charge in [0.15, 0.2) is 5.82 Å². The lowest BCUT2D eigenvalue weighted by Gasteiger charge is -2.12. The van der Waals surface area contributed by atoms with Crippen molar-refractivity contribution in [3.63, 3.8) is 0 Å². The van der Waals surface area contributed by atoms with Crippen LogP contribution < -0.4 is 10.6 Å². The van der Waals surface area contributed by atoms with E-state index in [1.807, 2.05) is 32.0 Å². The highest BCUT2D eigenvalue weighted by Gasteiger charge is 2.26. The molecule has 140 valence electrons. The number of carbonyl (C=O) groups excluding carboxylic acids is 1. The fourth-order valence-electron chi connectivity index (χ4n) is 3.03. The van der Waals surface area contributed by atoms with Gasteiger partial charge >= 0.3 is 6.03 Å². The normalized spacial score (nSPS) is 13.3. The number of rotatable bonds is 3. The van der Waals surface area contributed by atoms with Crippen LogP contribution in [0.4, 0.5) is 15.5 Å². The first-order chi connectivity index (χ1) is 13.0. The van der Waals surface area contributed by atoms with Crippen LogP contribution in [0.15, 0.2) is 22.7 Å². The van der Waals surface area contributed by atoms with Crippen molar-refractivity contribution in [3.05, 3.63) is 45.6 Å². The van der Waals surface area contributed by atoms with Crippen LogP contribution in [0.3, 0.4) is 0 Å². The number of anilines is 2. The number of urea groups is 1. The lowest BCUT2D eigenvalue weighted by molar-refractivity contribution is 0.113. The highest BCUT2D eigenvalue weighted by Crippen LogP contribution is 2.42. The number of benzene rings is 1. The lowest BCUT2D eigenvalue weighted by atomic mass is 10.1. The van der Waals surface area contributed by atoms with E-state index in [0.717, 1.165) is 33.7 Å². The number of aromatic nitrogens is 2. The predicted octanol–water partition coefficient (Wildman–Crippen LogP) is 4.44. The molecule has 4 rings (SSSR count). The molecular formula is C19H20N4O3S. The number of fused-ring (bicyclic) bond motifs is 1. The molecule has 1 aliphatic heterocycles. The van der Waals surface area contributed by atoms with Crippen molar-refractivity contribution in [1.29, 1.82) is 0 Å². The van der Waals surface area contributed by atoms with Crippen molar-refractivity contribution in [1.82, 2.24) is 10.1 Å². The van der Waals surface area contributed by atoms with E-state index < -0.39 is 0 Å². The maximum atomic E-state index is 12.6. The Kier molecular flexibility index (Phi) is 4.67. The highest BCUT2D eigenvalue weighted by atomic mass is 32.1. The summed E-state index contributed by atoms with van der Waals surface area (Å²) in [5, 5.41) is 10.4. The van der Waals surface area contributed by atoms with Crippen molar-refractivity contribution in [2.24, 2.45) is 0 Å². The Balaban J connectivity index is 1.62. The van der Waals surface area contributed by atoms with E-state index in [9.17, 15) is 4.79 Å². The van der Waals surface area contributed by atoms with Gasteiger partial charge in [-0.25, -0.2) is 4.79 Å². The summed E-state index contributed by atoms with van der Waals surface area (Å²) >= 11 is 1.49. The molecule has 0 saturated heterocycles. The molecule has 2 aromatic heterocycles. The van der Waals surface area contributed by atoms with Crippen LogP contribution >= 0.6 is 11.3 Å². The van der Waals surface area contributed by atoms with Crippen LogP contribution in [-0.2, 0) is 17.8 Å². The van der Waals surface area contributed by atoms with Crippen LogP contribution in [0.2, 0.25) is 0 Å². The summed E-state index contributed by atoms with van der Waals surface area (Å²) in [5.74, 6) is 0.982. The number of nitrogens with zero attached hydrogens (tertiary/aromatic N) is 2. The SMILES string of the molecule is Cc1noc(-c2c(NC(=O)Nc3ccc(C)c(C)c3)sc3c2CCOC3)n1. The summed E-state index contributed by atoms with van der Waals surface area (Å²) in [7, 11) is 0. The molecule has 0 bridgehead atoms. The number of thiophene rings is 1. The molecule has 27 heavy (non-hydrogen) atoms. The molecule has 1 aliphatic rings. The Labute approximate surface area is 160 Å². The quantitative estimate of drug-likeness (QED) is 0.697. The average molecular weight is 384 g/mol. The zero-order valence-electron chi connectivity index (χ0n) is 15.4. The maximum absolute atomic E-state index is 12.6. The van der Waals surface area contributed by atoms with Gasteiger partial charge in [-0.1, -0.05) is 11.2 Å². The van der Waals surface area contributed by atoms with Crippen LogP contribution in [-0.4, -0.2) is 22.8 Å². The lowest BCUT2D eigenvalue weighted by Crippen LogP contribution is -2.19. The number of ether oxygens (including phenoxy) is 1. The Morgan fingerprint density at radius 1 is 1.19 bits per heavy atom. The first kappa shape index (κ1) is 17.7. The molecule has 8 heteroatoms. The number of nitrogens with one attached hydrogen (secondary N) is 2. The number of amides is 2. The van der Waals surface area contributed by atoms with E-state index in [0.29, 0.717) is 29.9 Å². The summed E-state index contributed by atoms with van der Waals surface area (Å²) < 4.78 is 10.9. The van der Waals surface area contributed by atoms with Gasteiger partial charge in [0, 0.05) is 10.6 Å². The van der Waals surface area contributed by atoms with Crippen molar-refractivity contribution < 1.29 is 14.1 Å². The van der Waals surface area contributed by atoms with Gasteiger partial charge < -0.3 is 14.6 Å². The molecule has 0 aliphatic carbocycles. The highest BCUT2D eigenvalue weighted by molar-refractivity contribution is 7.17. The zero-order valence-corrected chi connectivity index (χ0v) is 16.2. The molecule has 0 saturated carbocycles. The Morgan fingerprint density at radius 2 is 2.04 bits per heavy atom. The van der Waals surface area contributed by atoms with Gasteiger partial charge in [-0.3, -0.25) is 5.32 Å². The average Bonchev–Trinajstić information content (AvgIpc) is 3.20. The first-order valence-electron chi connectivity index (χ1n) is 8.69. The summed E-state index contributed by atoms with van der Waals surface area (Å²) in [4.78, 5) is 18.0. The molecule has 0 spiro atoms. The molecule has 2 amide bonds. The zero-order chi connectivity index (χ0) is 19.0. The number of aryl methyl sites for hydroxylation is 3. The van der Waals surface area contributed by atoms with E-state index >= 15 is 0 Å². The molecule has 0 unspecified atom stereocenters. The first-order valence-corrected chi connectivity index (χ1v) is 9.51. The third-order valence-corrected chi connectivity index (χ3v) is 5.67. The molecule has 0 fully saturated rings. The predicted molar refractivity (Wildman–Crippen MR) is 104 cm³/mol. The van der Waals surface area contributed by atoms with E-state index in [4.69, 9.17) is 9.26 Å². The van der Waals surface area contributed by atoms with Gasteiger partial charge in [0.2, 0.25) is 0 Å². The van der Waals surface area contributed by atoms with Crippen LogP contribution in [0.25, 0.3) is 11.5 Å². The molecule has 3 aromatic rings. The number of hydrogen-bond donors (Lipinski definition) is 2. The molecule has 7 nitrogen and oxygen atoms in total. The Hall–Kier alpha value is -2.71. The fraction of sp³-hybridized carbons (Fsp3) is 0.316.